The molecule has 0 radical (unpaired) electrons. The van der Waals surface area contributed by atoms with E-state index >= 15 is 0 Å². The zero-order valence-electron chi connectivity index (χ0n) is 11.5. The lowest BCUT2D eigenvalue weighted by Crippen LogP contribution is -2.27. The third-order valence-electron chi connectivity index (χ3n) is 2.93. The number of nitrogens with zero attached hydrogens (tertiary/aromatic N) is 1. The Balaban J connectivity index is 2.12. The van der Waals surface area contributed by atoms with Crippen molar-refractivity contribution in [1.82, 2.24) is 9.71 Å². The molecule has 112 valence electrons. The molecule has 3 N–H and O–H groups in total. The van der Waals surface area contributed by atoms with Gasteiger partial charge in [-0.05, 0) is 36.8 Å². The van der Waals surface area contributed by atoms with E-state index in [1.807, 2.05) is 6.07 Å². The number of rotatable bonds is 5. The Hall–Kier alpha value is -1.99. The molecule has 0 aliphatic rings. The van der Waals surface area contributed by atoms with Gasteiger partial charge in [0.25, 0.3) is 0 Å². The normalized spacial score (nSPS) is 11.5. The van der Waals surface area contributed by atoms with Crippen molar-refractivity contribution in [2.75, 3.05) is 12.3 Å². The van der Waals surface area contributed by atoms with Gasteiger partial charge in [0, 0.05) is 30.5 Å². The number of anilines is 1. The molecular formula is C14H16FN3O2S. The molecule has 5 nitrogen and oxygen atoms in total. The first kappa shape index (κ1) is 15.4. The first-order valence-electron chi connectivity index (χ1n) is 6.35. The van der Waals surface area contributed by atoms with Crippen molar-refractivity contribution in [3.8, 4) is 0 Å². The highest BCUT2D eigenvalue weighted by atomic mass is 32.2. The molecule has 1 aromatic heterocycles. The van der Waals surface area contributed by atoms with Crippen LogP contribution in [0.1, 0.15) is 11.3 Å². The largest absolute Gasteiger partial charge is 0.399 e. The van der Waals surface area contributed by atoms with Crippen LogP contribution in [-0.4, -0.2) is 19.9 Å². The van der Waals surface area contributed by atoms with Crippen molar-refractivity contribution in [3.05, 3.63) is 53.6 Å². The number of aromatic nitrogens is 1. The molecule has 2 rings (SSSR count). The molecule has 0 spiro atoms. The number of hydrogen-bond donors (Lipinski definition) is 2. The third kappa shape index (κ3) is 3.77. The number of benzene rings is 1. The van der Waals surface area contributed by atoms with Gasteiger partial charge < -0.3 is 5.73 Å². The molecule has 0 atom stereocenters. The van der Waals surface area contributed by atoms with E-state index < -0.39 is 20.7 Å². The second kappa shape index (κ2) is 6.19. The van der Waals surface area contributed by atoms with Crippen molar-refractivity contribution in [2.45, 2.75) is 18.2 Å². The van der Waals surface area contributed by atoms with Gasteiger partial charge in [-0.3, -0.25) is 4.98 Å². The molecule has 2 aromatic rings. The van der Waals surface area contributed by atoms with Crippen LogP contribution in [0, 0.1) is 12.7 Å². The summed E-state index contributed by atoms with van der Waals surface area (Å²) >= 11 is 0. The van der Waals surface area contributed by atoms with Crippen LogP contribution in [0.2, 0.25) is 0 Å². The van der Waals surface area contributed by atoms with Crippen LogP contribution in [0.5, 0.6) is 0 Å². The molecule has 0 aliphatic carbocycles. The predicted octanol–water partition coefficient (Wildman–Crippen LogP) is 1.63. The summed E-state index contributed by atoms with van der Waals surface area (Å²) in [6, 6.07) is 7.89. The topological polar surface area (TPSA) is 85.1 Å². The zero-order chi connectivity index (χ0) is 15.5. The van der Waals surface area contributed by atoms with Gasteiger partial charge in [0.15, 0.2) is 0 Å². The van der Waals surface area contributed by atoms with Crippen LogP contribution in [0.4, 0.5) is 10.1 Å². The number of nitrogens with one attached hydrogen (secondary N) is 1. The van der Waals surface area contributed by atoms with Crippen LogP contribution >= 0.6 is 0 Å². The SMILES string of the molecule is Cc1cc(N)cc(S(=O)(=O)NCCc2ccccn2)c1F. The average molecular weight is 309 g/mol. The van der Waals surface area contributed by atoms with Crippen molar-refractivity contribution >= 4 is 15.7 Å². The van der Waals surface area contributed by atoms with E-state index in [0.717, 1.165) is 11.8 Å². The zero-order valence-corrected chi connectivity index (χ0v) is 12.3. The molecule has 7 heteroatoms. The van der Waals surface area contributed by atoms with Gasteiger partial charge in [0.2, 0.25) is 10.0 Å². The minimum absolute atomic E-state index is 0.132. The highest BCUT2D eigenvalue weighted by Gasteiger charge is 2.20. The second-order valence-corrected chi connectivity index (χ2v) is 6.35. The highest BCUT2D eigenvalue weighted by molar-refractivity contribution is 7.89. The number of sulfonamides is 1. The molecule has 0 saturated heterocycles. The molecule has 0 bridgehead atoms. The molecule has 0 unspecified atom stereocenters. The van der Waals surface area contributed by atoms with Crippen molar-refractivity contribution in [2.24, 2.45) is 0 Å². The fourth-order valence-electron chi connectivity index (χ4n) is 1.90. The maximum absolute atomic E-state index is 13.9. The Labute approximate surface area is 123 Å². The molecule has 21 heavy (non-hydrogen) atoms. The molecule has 0 amide bonds. The van der Waals surface area contributed by atoms with Crippen molar-refractivity contribution in [1.29, 1.82) is 0 Å². The Kier molecular flexibility index (Phi) is 4.54. The Morgan fingerprint density at radius 1 is 1.33 bits per heavy atom. The summed E-state index contributed by atoms with van der Waals surface area (Å²) in [5.74, 6) is -0.783. The Morgan fingerprint density at radius 3 is 2.76 bits per heavy atom. The van der Waals surface area contributed by atoms with Gasteiger partial charge in [-0.15, -0.1) is 0 Å². The summed E-state index contributed by atoms with van der Waals surface area (Å²) in [6.07, 6.45) is 2.05. The van der Waals surface area contributed by atoms with Crippen LogP contribution < -0.4 is 10.5 Å². The standard InChI is InChI=1S/C14H16FN3O2S/c1-10-8-11(16)9-13(14(10)15)21(19,20)18-7-5-12-4-2-3-6-17-12/h2-4,6,8-9,18H,5,7,16H2,1H3. The molecule has 0 fully saturated rings. The van der Waals surface area contributed by atoms with Crippen molar-refractivity contribution in [3.63, 3.8) is 0 Å². The number of aryl methyl sites for hydroxylation is 1. The lowest BCUT2D eigenvalue weighted by Gasteiger charge is -2.10. The minimum Gasteiger partial charge on any atom is -0.399 e. The number of hydrogen-bond acceptors (Lipinski definition) is 4. The van der Waals surface area contributed by atoms with E-state index in [2.05, 4.69) is 9.71 Å². The summed E-state index contributed by atoms with van der Waals surface area (Å²) in [6.45, 7) is 1.60. The molecular weight excluding hydrogens is 293 g/mol. The fraction of sp³-hybridized carbons (Fsp3) is 0.214. The first-order chi connectivity index (χ1) is 9.90. The van der Waals surface area contributed by atoms with Gasteiger partial charge in [0.05, 0.1) is 0 Å². The number of nitrogens with two attached hydrogens (primary N) is 1. The molecule has 0 saturated carbocycles. The van der Waals surface area contributed by atoms with Gasteiger partial charge in [-0.25, -0.2) is 17.5 Å². The summed E-state index contributed by atoms with van der Waals surface area (Å²) in [5.41, 5.74) is 6.73. The van der Waals surface area contributed by atoms with E-state index in [1.165, 1.54) is 13.0 Å². The van der Waals surface area contributed by atoms with Crippen LogP contribution in [0.25, 0.3) is 0 Å². The monoisotopic (exact) mass is 309 g/mol. The van der Waals surface area contributed by atoms with Crippen molar-refractivity contribution < 1.29 is 12.8 Å². The summed E-state index contributed by atoms with van der Waals surface area (Å²) in [5, 5.41) is 0. The maximum Gasteiger partial charge on any atom is 0.243 e. The number of pyridine rings is 1. The van der Waals surface area contributed by atoms with Crippen LogP contribution in [0.3, 0.4) is 0 Å². The number of nitrogen functional groups attached to an aromatic ring is 1. The van der Waals surface area contributed by atoms with Gasteiger partial charge >= 0.3 is 0 Å². The third-order valence-corrected chi connectivity index (χ3v) is 4.39. The first-order valence-corrected chi connectivity index (χ1v) is 7.83. The van der Waals surface area contributed by atoms with E-state index in [-0.39, 0.29) is 17.8 Å². The lowest BCUT2D eigenvalue weighted by atomic mass is 10.2. The average Bonchev–Trinajstić information content (AvgIpc) is 2.43. The predicted molar refractivity (Wildman–Crippen MR) is 78.7 cm³/mol. The smallest absolute Gasteiger partial charge is 0.243 e. The molecule has 1 heterocycles. The quantitative estimate of drug-likeness (QED) is 0.822. The van der Waals surface area contributed by atoms with E-state index in [1.54, 1.807) is 18.3 Å². The van der Waals surface area contributed by atoms with E-state index in [9.17, 15) is 12.8 Å². The summed E-state index contributed by atoms with van der Waals surface area (Å²) in [4.78, 5) is 3.66. The van der Waals surface area contributed by atoms with Crippen LogP contribution in [0.15, 0.2) is 41.4 Å². The van der Waals surface area contributed by atoms with Gasteiger partial charge in [-0.2, -0.15) is 0 Å². The number of halogens is 1. The van der Waals surface area contributed by atoms with Gasteiger partial charge in [0.1, 0.15) is 10.7 Å². The summed E-state index contributed by atoms with van der Waals surface area (Å²) in [7, 11) is -3.94. The molecule has 1 aromatic carbocycles. The Bertz CT molecular complexity index is 733. The molecule has 0 aliphatic heterocycles. The second-order valence-electron chi connectivity index (χ2n) is 4.62. The van der Waals surface area contributed by atoms with Gasteiger partial charge in [-0.1, -0.05) is 6.07 Å². The lowest BCUT2D eigenvalue weighted by molar-refractivity contribution is 0.553. The van der Waals surface area contributed by atoms with E-state index in [4.69, 9.17) is 5.73 Å². The van der Waals surface area contributed by atoms with E-state index in [0.29, 0.717) is 6.42 Å². The Morgan fingerprint density at radius 2 is 2.10 bits per heavy atom. The fourth-order valence-corrected chi connectivity index (χ4v) is 3.11. The summed E-state index contributed by atoms with van der Waals surface area (Å²) < 4.78 is 40.5. The minimum atomic E-state index is -3.94. The highest BCUT2D eigenvalue weighted by Crippen LogP contribution is 2.21. The van der Waals surface area contributed by atoms with Crippen LogP contribution in [-0.2, 0) is 16.4 Å². The maximum atomic E-state index is 13.9.